The topological polar surface area (TPSA) is 47.4 Å². The van der Waals surface area contributed by atoms with Crippen LogP contribution in [0.1, 0.15) is 45.5 Å². The van der Waals surface area contributed by atoms with Gasteiger partial charge in [-0.1, -0.05) is 0 Å². The van der Waals surface area contributed by atoms with Crippen LogP contribution in [0.15, 0.2) is 42.5 Å². The second-order valence-electron chi connectivity index (χ2n) is 9.73. The van der Waals surface area contributed by atoms with Crippen LogP contribution in [0, 0.1) is 17.0 Å². The number of imidazole rings is 1. The van der Waals surface area contributed by atoms with Crippen molar-refractivity contribution in [3.8, 4) is 17.3 Å². The van der Waals surface area contributed by atoms with Crippen LogP contribution < -0.4 is 9.64 Å². The summed E-state index contributed by atoms with van der Waals surface area (Å²) in [7, 11) is 3.31. The predicted molar refractivity (Wildman–Crippen MR) is 160 cm³/mol. The number of fused-ring (bicyclic) bond motifs is 1. The second kappa shape index (κ2) is 12.3. The molecule has 0 radical (unpaired) electrons. The number of nitrogens with zero attached hydrogens (tertiary/aromatic N) is 3. The molecule has 4 rings (SSSR count). The van der Waals surface area contributed by atoms with Gasteiger partial charge in [-0.25, -0.2) is 0 Å². The Hall–Kier alpha value is -0.918. The first kappa shape index (κ1) is 29.6. The summed E-state index contributed by atoms with van der Waals surface area (Å²) in [5, 5.41) is 0.492. The average molecular weight is 751 g/mol. The minimum absolute atomic E-state index is 0. The van der Waals surface area contributed by atoms with E-state index in [4.69, 9.17) is 21.3 Å². The number of benzene rings is 2. The number of ether oxygens (including phenoxy) is 1. The van der Waals surface area contributed by atoms with E-state index in [1.165, 1.54) is 0 Å². The van der Waals surface area contributed by atoms with Gasteiger partial charge in [0.15, 0.2) is 0 Å². The number of anilines is 1. The van der Waals surface area contributed by atoms with Crippen molar-refractivity contribution in [2.45, 2.75) is 45.8 Å². The van der Waals surface area contributed by atoms with Crippen molar-refractivity contribution in [3.63, 3.8) is 0 Å². The molecule has 36 heavy (non-hydrogen) atoms. The summed E-state index contributed by atoms with van der Waals surface area (Å²) < 4.78 is 8.02. The van der Waals surface area contributed by atoms with E-state index in [0.717, 1.165) is 54.0 Å². The Morgan fingerprint density at radius 3 is 2.58 bits per heavy atom. The van der Waals surface area contributed by atoms with Crippen LogP contribution in [-0.2, 0) is 11.8 Å². The summed E-state index contributed by atoms with van der Waals surface area (Å²) in [4.78, 5) is 20.5. The molecule has 10 heteroatoms. The molecular formula is C26H30ClN3O2PS2Tl. The zero-order valence-corrected chi connectivity index (χ0v) is 29.0. The Morgan fingerprint density at radius 2 is 2.00 bits per heavy atom. The first-order valence-electron chi connectivity index (χ1n) is 11.4. The first-order chi connectivity index (χ1) is 16.6. The molecule has 1 saturated carbocycles. The molecule has 3 aromatic rings. The van der Waals surface area contributed by atoms with Crippen molar-refractivity contribution in [2.24, 2.45) is 12.5 Å². The molecule has 1 heterocycles. The summed E-state index contributed by atoms with van der Waals surface area (Å²) in [5.74, 6) is 4.15. The molecule has 1 aromatic heterocycles. The summed E-state index contributed by atoms with van der Waals surface area (Å²) in [6, 6.07) is 13.2. The molecule has 1 aliphatic carbocycles. The molecule has 0 saturated heterocycles. The fraction of sp³-hybridized carbons (Fsp3) is 0.385. The van der Waals surface area contributed by atoms with Gasteiger partial charge in [-0.3, -0.25) is 0 Å². The molecule has 188 valence electrons. The van der Waals surface area contributed by atoms with E-state index in [0.29, 0.717) is 16.5 Å². The average Bonchev–Trinajstić information content (AvgIpc) is 3.58. The standard InChI is InChI=1S/C26H28ClN3O2PS.H2S.Tl/c1-26(2,3)24(25-28-20-8-6-7-9-21(20)29(25)4)30(23(31)14-15-33(5)34)17-10-13-22(19(27)16-17)32-18-11-12-18;;/h6-10,13,16,18,24H,11-12H2,1-5H3;1H2;/q-1;;+1. The third kappa shape index (κ3) is 6.74. The number of carbonyl (C=O) groups is 1. The van der Waals surface area contributed by atoms with Crippen LogP contribution in [0.25, 0.3) is 11.0 Å². The van der Waals surface area contributed by atoms with Crippen LogP contribution in [-0.4, -0.2) is 52.5 Å². The summed E-state index contributed by atoms with van der Waals surface area (Å²) >= 11 is 7.43. The summed E-state index contributed by atoms with van der Waals surface area (Å²) in [6.45, 7) is 8.47. The zero-order chi connectivity index (χ0) is 25.3. The van der Waals surface area contributed by atoms with Crippen molar-refractivity contribution in [1.29, 1.82) is 0 Å². The van der Waals surface area contributed by atoms with E-state index in [-0.39, 0.29) is 37.0 Å². The maximum absolute atomic E-state index is 13.8. The monoisotopic (exact) mass is 751 g/mol. The van der Waals surface area contributed by atoms with E-state index in [9.17, 15) is 4.79 Å². The number of halogens is 1. The molecule has 1 fully saturated rings. The maximum Gasteiger partial charge on any atom is -0.197 e. The Morgan fingerprint density at radius 1 is 1.31 bits per heavy atom. The molecular weight excluding hydrogens is 721 g/mol. The minimum Gasteiger partial charge on any atom is -0.197 e. The SMILES string of the molecule is Cn1c(C(N(C(=O)C#CP(C)[S][Tl])c2ccc(OC3CC3)c(Cl)c2)C(C)(C)C)nc2ccccc21.S. The normalized spacial score (nSPS) is 14.8. The van der Waals surface area contributed by atoms with Gasteiger partial charge in [0.05, 0.1) is 0 Å². The van der Waals surface area contributed by atoms with Crippen LogP contribution in [0.4, 0.5) is 5.69 Å². The molecule has 5 nitrogen and oxygen atoms in total. The molecule has 0 aliphatic heterocycles. The Bertz CT molecular complexity index is 1310. The minimum atomic E-state index is -0.528. The van der Waals surface area contributed by atoms with Crippen molar-refractivity contribution in [2.75, 3.05) is 11.6 Å². The molecule has 1 amide bonds. The molecule has 2 aromatic carbocycles. The number of rotatable bonds is 6. The van der Waals surface area contributed by atoms with E-state index in [1.54, 1.807) is 4.90 Å². The second-order valence-corrected chi connectivity index (χ2v) is 21.2. The van der Waals surface area contributed by atoms with Gasteiger partial charge in [-0.05, 0) is 12.8 Å². The van der Waals surface area contributed by atoms with Gasteiger partial charge in [0.1, 0.15) is 0 Å². The van der Waals surface area contributed by atoms with Crippen molar-refractivity contribution in [1.82, 2.24) is 9.55 Å². The number of aromatic nitrogens is 2. The number of amides is 1. The molecule has 0 bridgehead atoms. The van der Waals surface area contributed by atoms with Crippen molar-refractivity contribution < 1.29 is 9.53 Å². The van der Waals surface area contributed by atoms with Gasteiger partial charge >= 0.3 is 220 Å². The van der Waals surface area contributed by atoms with Crippen LogP contribution in [0.3, 0.4) is 0 Å². The van der Waals surface area contributed by atoms with E-state index >= 15 is 0 Å². The van der Waals surface area contributed by atoms with Crippen molar-refractivity contribution >= 4 is 87.0 Å². The number of hydrogen-bond donors (Lipinski definition) is 0. The summed E-state index contributed by atoms with van der Waals surface area (Å²) in [5.41, 5.74) is 5.45. The molecule has 0 spiro atoms. The number of aryl methyl sites for hydroxylation is 1. The quantitative estimate of drug-likeness (QED) is 0.158. The summed E-state index contributed by atoms with van der Waals surface area (Å²) in [6.07, 6.45) is 2.34. The van der Waals surface area contributed by atoms with Crippen LogP contribution >= 0.6 is 40.2 Å². The molecule has 2 unspecified atom stereocenters. The number of hydrogen-bond acceptors (Lipinski definition) is 4. The number of para-hydroxylation sites is 2. The van der Waals surface area contributed by atoms with Crippen LogP contribution in [0.5, 0.6) is 5.75 Å². The fourth-order valence-electron chi connectivity index (χ4n) is 4.00. The van der Waals surface area contributed by atoms with Gasteiger partial charge in [0.2, 0.25) is 0 Å². The largest absolute Gasteiger partial charge is 0.197 e. The Kier molecular flexibility index (Phi) is 10.1. The van der Waals surface area contributed by atoms with Gasteiger partial charge in [0, 0.05) is 0 Å². The third-order valence-corrected chi connectivity index (χ3v) is 19.2. The third-order valence-electron chi connectivity index (χ3n) is 5.85. The van der Waals surface area contributed by atoms with Gasteiger partial charge < -0.3 is 0 Å². The molecule has 1 aliphatic rings. The fourth-order valence-corrected chi connectivity index (χ4v) is 6.66. The number of carbonyl (C=O) groups excluding carboxylic acids is 1. The van der Waals surface area contributed by atoms with Crippen molar-refractivity contribution in [3.05, 3.63) is 53.3 Å². The maximum atomic E-state index is 13.8. The van der Waals surface area contributed by atoms with Crippen LogP contribution in [0.2, 0.25) is 5.02 Å². The predicted octanol–water partition coefficient (Wildman–Crippen LogP) is 6.81. The van der Waals surface area contributed by atoms with Gasteiger partial charge in [-0.2, -0.15) is 13.5 Å². The van der Waals surface area contributed by atoms with E-state index < -0.39 is 7.12 Å². The van der Waals surface area contributed by atoms with Gasteiger partial charge in [0.25, 0.3) is 0 Å². The molecule has 2 atom stereocenters. The van der Waals surface area contributed by atoms with E-state index in [1.807, 2.05) is 57.4 Å². The molecule has 0 N–H and O–H groups in total. The van der Waals surface area contributed by atoms with Gasteiger partial charge in [-0.15, -0.1) is 0 Å². The first-order valence-corrected chi connectivity index (χ1v) is 20.6. The smallest absolute Gasteiger partial charge is 0.197 e. The Balaban J connectivity index is 0.00000361. The van der Waals surface area contributed by atoms with E-state index in [2.05, 4.69) is 43.6 Å². The zero-order valence-electron chi connectivity index (χ0n) is 21.1. The Labute approximate surface area is 244 Å².